The lowest BCUT2D eigenvalue weighted by atomic mass is 10.1. The van der Waals surface area contributed by atoms with Crippen molar-refractivity contribution < 1.29 is 9.59 Å². The van der Waals surface area contributed by atoms with E-state index in [2.05, 4.69) is 21.0 Å². The maximum atomic E-state index is 12.7. The van der Waals surface area contributed by atoms with Crippen LogP contribution in [-0.2, 0) is 11.8 Å². The number of likely N-dealkylation sites (N-methyl/N-ethyl adjacent to an activating group) is 1. The van der Waals surface area contributed by atoms with Gasteiger partial charge in [0.15, 0.2) is 5.69 Å². The van der Waals surface area contributed by atoms with Gasteiger partial charge < -0.3 is 16.0 Å². The molecule has 0 radical (unpaired) electrons. The van der Waals surface area contributed by atoms with Crippen LogP contribution in [0.25, 0.3) is 10.9 Å². The van der Waals surface area contributed by atoms with Gasteiger partial charge in [0.2, 0.25) is 5.91 Å². The van der Waals surface area contributed by atoms with Gasteiger partial charge in [-0.3, -0.25) is 14.3 Å². The Balaban J connectivity index is 1.78. The maximum Gasteiger partial charge on any atom is 0.276 e. The lowest BCUT2D eigenvalue weighted by molar-refractivity contribution is -0.117. The summed E-state index contributed by atoms with van der Waals surface area (Å²) in [7, 11) is 3.55. The number of carbonyl (C=O) groups excluding carboxylic acids is 2. The van der Waals surface area contributed by atoms with Gasteiger partial charge in [-0.15, -0.1) is 0 Å². The van der Waals surface area contributed by atoms with Crippen molar-refractivity contribution in [1.29, 1.82) is 0 Å². The highest BCUT2D eigenvalue weighted by molar-refractivity contribution is 6.11. The molecular weight excluding hydrogens is 342 g/mol. The molecule has 0 saturated carbocycles. The van der Waals surface area contributed by atoms with Crippen molar-refractivity contribution in [2.24, 2.45) is 7.05 Å². The van der Waals surface area contributed by atoms with E-state index in [1.165, 1.54) is 0 Å². The molecule has 7 nitrogen and oxygen atoms in total. The molecule has 1 aromatic heterocycles. The van der Waals surface area contributed by atoms with E-state index in [9.17, 15) is 9.59 Å². The molecule has 1 atom stereocenters. The number of amides is 2. The molecular formula is C20H23N5O2. The SMILES string of the molecule is CNC(C)C(=O)Nc1ccc(NC(=O)c2nn(C)c3ccccc23)cc1C. The van der Waals surface area contributed by atoms with Gasteiger partial charge in [0.25, 0.3) is 5.91 Å². The number of hydrogen-bond donors (Lipinski definition) is 3. The van der Waals surface area contributed by atoms with Gasteiger partial charge in [0, 0.05) is 23.8 Å². The van der Waals surface area contributed by atoms with Crippen LogP contribution in [0.3, 0.4) is 0 Å². The Morgan fingerprint density at radius 2 is 1.85 bits per heavy atom. The minimum atomic E-state index is -0.291. The molecule has 0 aliphatic carbocycles. The van der Waals surface area contributed by atoms with E-state index in [-0.39, 0.29) is 17.9 Å². The molecule has 0 spiro atoms. The summed E-state index contributed by atoms with van der Waals surface area (Å²) in [4.78, 5) is 24.7. The zero-order valence-corrected chi connectivity index (χ0v) is 15.8. The Hall–Kier alpha value is -3.19. The Morgan fingerprint density at radius 3 is 2.56 bits per heavy atom. The monoisotopic (exact) mass is 365 g/mol. The molecule has 27 heavy (non-hydrogen) atoms. The van der Waals surface area contributed by atoms with Gasteiger partial charge in [-0.2, -0.15) is 5.10 Å². The predicted molar refractivity (Wildman–Crippen MR) is 107 cm³/mol. The van der Waals surface area contributed by atoms with E-state index in [4.69, 9.17) is 0 Å². The van der Waals surface area contributed by atoms with Gasteiger partial charge in [0.1, 0.15) is 0 Å². The van der Waals surface area contributed by atoms with E-state index in [1.54, 1.807) is 30.8 Å². The van der Waals surface area contributed by atoms with Crippen molar-refractivity contribution in [2.75, 3.05) is 17.7 Å². The molecule has 140 valence electrons. The first kappa shape index (κ1) is 18.6. The van der Waals surface area contributed by atoms with E-state index < -0.39 is 0 Å². The number of anilines is 2. The lowest BCUT2D eigenvalue weighted by Gasteiger charge is -2.14. The van der Waals surface area contributed by atoms with E-state index >= 15 is 0 Å². The molecule has 3 rings (SSSR count). The van der Waals surface area contributed by atoms with Crippen LogP contribution in [0.5, 0.6) is 0 Å². The minimum Gasteiger partial charge on any atom is -0.324 e. The third kappa shape index (κ3) is 3.83. The third-order valence-corrected chi connectivity index (χ3v) is 4.54. The van der Waals surface area contributed by atoms with Crippen LogP contribution < -0.4 is 16.0 Å². The molecule has 3 N–H and O–H groups in total. The van der Waals surface area contributed by atoms with Gasteiger partial charge in [-0.05, 0) is 50.7 Å². The molecule has 1 heterocycles. The molecule has 7 heteroatoms. The average molecular weight is 365 g/mol. The lowest BCUT2D eigenvalue weighted by Crippen LogP contribution is -2.35. The maximum absolute atomic E-state index is 12.7. The molecule has 2 amide bonds. The molecule has 1 unspecified atom stereocenters. The van der Waals surface area contributed by atoms with Crippen LogP contribution in [0.4, 0.5) is 11.4 Å². The summed E-state index contributed by atoms with van der Waals surface area (Å²) in [5.74, 6) is -0.385. The quantitative estimate of drug-likeness (QED) is 0.649. The van der Waals surface area contributed by atoms with Crippen LogP contribution in [0, 0.1) is 6.92 Å². The number of benzene rings is 2. The topological polar surface area (TPSA) is 88.1 Å². The zero-order chi connectivity index (χ0) is 19.6. The summed E-state index contributed by atoms with van der Waals surface area (Å²) in [5.41, 5.74) is 3.49. The summed E-state index contributed by atoms with van der Waals surface area (Å²) in [6.07, 6.45) is 0. The van der Waals surface area contributed by atoms with Crippen molar-refractivity contribution >= 4 is 34.1 Å². The Kier molecular flexibility index (Phi) is 5.23. The highest BCUT2D eigenvalue weighted by atomic mass is 16.2. The first-order valence-electron chi connectivity index (χ1n) is 8.72. The minimum absolute atomic E-state index is 0.114. The summed E-state index contributed by atoms with van der Waals surface area (Å²) >= 11 is 0. The number of para-hydroxylation sites is 1. The molecule has 3 aromatic rings. The highest BCUT2D eigenvalue weighted by Gasteiger charge is 2.16. The van der Waals surface area contributed by atoms with Gasteiger partial charge >= 0.3 is 0 Å². The number of aromatic nitrogens is 2. The fourth-order valence-electron chi connectivity index (χ4n) is 2.83. The molecule has 0 aliphatic rings. The molecule has 0 aliphatic heterocycles. The number of hydrogen-bond acceptors (Lipinski definition) is 4. The molecule has 0 fully saturated rings. The van der Waals surface area contributed by atoms with Crippen molar-refractivity contribution in [3.8, 4) is 0 Å². The number of aryl methyl sites for hydroxylation is 2. The van der Waals surface area contributed by atoms with Gasteiger partial charge in [-0.1, -0.05) is 18.2 Å². The standard InChI is InChI=1S/C20H23N5O2/c1-12-11-14(9-10-16(12)23-19(26)13(2)21-3)22-20(27)18-15-7-5-6-8-17(15)25(4)24-18/h5-11,13,21H,1-4H3,(H,22,27)(H,23,26). The fraction of sp³-hybridized carbons (Fsp3) is 0.250. The second-order valence-corrected chi connectivity index (χ2v) is 6.47. The number of nitrogens with one attached hydrogen (secondary N) is 3. The Morgan fingerprint density at radius 1 is 1.11 bits per heavy atom. The first-order valence-corrected chi connectivity index (χ1v) is 8.72. The number of fused-ring (bicyclic) bond motifs is 1. The van der Waals surface area contributed by atoms with Crippen molar-refractivity contribution in [3.05, 3.63) is 53.7 Å². The number of carbonyl (C=O) groups is 2. The van der Waals surface area contributed by atoms with Crippen LogP contribution in [0.15, 0.2) is 42.5 Å². The highest BCUT2D eigenvalue weighted by Crippen LogP contribution is 2.22. The van der Waals surface area contributed by atoms with Gasteiger partial charge in [0.05, 0.1) is 11.6 Å². The van der Waals surface area contributed by atoms with Gasteiger partial charge in [-0.25, -0.2) is 0 Å². The smallest absolute Gasteiger partial charge is 0.276 e. The van der Waals surface area contributed by atoms with E-state index in [0.29, 0.717) is 17.1 Å². The number of nitrogens with zero attached hydrogens (tertiary/aromatic N) is 2. The van der Waals surface area contributed by atoms with Crippen molar-refractivity contribution in [1.82, 2.24) is 15.1 Å². The summed E-state index contributed by atoms with van der Waals surface area (Å²) < 4.78 is 1.69. The summed E-state index contributed by atoms with van der Waals surface area (Å²) in [6, 6.07) is 12.7. The van der Waals surface area contributed by atoms with E-state index in [0.717, 1.165) is 16.5 Å². The first-order chi connectivity index (χ1) is 12.9. The zero-order valence-electron chi connectivity index (χ0n) is 15.8. The van der Waals surface area contributed by atoms with Crippen LogP contribution in [0.2, 0.25) is 0 Å². The Bertz CT molecular complexity index is 1010. The molecule has 0 bridgehead atoms. The summed E-state index contributed by atoms with van der Waals surface area (Å²) in [6.45, 7) is 3.67. The summed E-state index contributed by atoms with van der Waals surface area (Å²) in [5, 5.41) is 13.8. The fourth-order valence-corrected chi connectivity index (χ4v) is 2.83. The second-order valence-electron chi connectivity index (χ2n) is 6.47. The second kappa shape index (κ2) is 7.59. The number of rotatable bonds is 5. The molecule has 2 aromatic carbocycles. The predicted octanol–water partition coefficient (Wildman–Crippen LogP) is 2.68. The largest absolute Gasteiger partial charge is 0.324 e. The van der Waals surface area contributed by atoms with Crippen LogP contribution in [-0.4, -0.2) is 34.7 Å². The van der Waals surface area contributed by atoms with Crippen molar-refractivity contribution in [2.45, 2.75) is 19.9 Å². The van der Waals surface area contributed by atoms with Crippen LogP contribution in [0.1, 0.15) is 23.0 Å². The van der Waals surface area contributed by atoms with E-state index in [1.807, 2.05) is 44.3 Å². The average Bonchev–Trinajstić information content (AvgIpc) is 3.00. The Labute approximate surface area is 157 Å². The third-order valence-electron chi connectivity index (χ3n) is 4.54. The van der Waals surface area contributed by atoms with Crippen molar-refractivity contribution in [3.63, 3.8) is 0 Å². The molecule has 0 saturated heterocycles. The normalized spacial score (nSPS) is 12.0. The van der Waals surface area contributed by atoms with Crippen LogP contribution >= 0.6 is 0 Å².